The summed E-state index contributed by atoms with van der Waals surface area (Å²) in [6.45, 7) is 2.65. The number of rotatable bonds is 4. The van der Waals surface area contributed by atoms with Crippen LogP contribution >= 0.6 is 0 Å². The summed E-state index contributed by atoms with van der Waals surface area (Å²) in [7, 11) is 0. The van der Waals surface area contributed by atoms with Gasteiger partial charge < -0.3 is 9.47 Å². The van der Waals surface area contributed by atoms with Gasteiger partial charge in [0, 0.05) is 17.0 Å². The second kappa shape index (κ2) is 6.86. The van der Waals surface area contributed by atoms with Crippen LogP contribution in [0.2, 0.25) is 0 Å². The van der Waals surface area contributed by atoms with Crippen LogP contribution in [0.25, 0.3) is 5.76 Å². The fourth-order valence-corrected chi connectivity index (χ4v) is 3.21. The molecule has 0 saturated heterocycles. The van der Waals surface area contributed by atoms with E-state index < -0.39 is 0 Å². The van der Waals surface area contributed by atoms with Gasteiger partial charge in [-0.05, 0) is 36.8 Å². The summed E-state index contributed by atoms with van der Waals surface area (Å²) in [5.41, 5.74) is 3.47. The van der Waals surface area contributed by atoms with Gasteiger partial charge in [-0.1, -0.05) is 60.7 Å². The van der Waals surface area contributed by atoms with E-state index in [1.165, 1.54) is 5.56 Å². The minimum Gasteiger partial charge on any atom is -0.494 e. The lowest BCUT2D eigenvalue weighted by molar-refractivity contribution is 0.339. The molecule has 124 valence electrons. The summed E-state index contributed by atoms with van der Waals surface area (Å²) in [4.78, 5) is 0. The van der Waals surface area contributed by atoms with Crippen molar-refractivity contribution >= 4 is 5.76 Å². The van der Waals surface area contributed by atoms with Crippen molar-refractivity contribution in [1.82, 2.24) is 0 Å². The average Bonchev–Trinajstić information content (AvgIpc) is 2.69. The Labute approximate surface area is 148 Å². The third-order valence-corrected chi connectivity index (χ3v) is 4.38. The molecule has 0 spiro atoms. The lowest BCUT2D eigenvalue weighted by Gasteiger charge is -2.26. The molecule has 0 radical (unpaired) electrons. The Kier molecular flexibility index (Phi) is 4.26. The monoisotopic (exact) mass is 328 g/mol. The first kappa shape index (κ1) is 15.5. The predicted octanol–water partition coefficient (Wildman–Crippen LogP) is 5.65. The largest absolute Gasteiger partial charge is 0.494 e. The standard InChI is InChI=1S/C23H20O2/c1-2-24-19-13-14-22-21(15-19)20(17-9-5-3-6-10-17)16-23(25-22)18-11-7-4-8-12-18/h3-16,20H,2H2,1H3/t20-/m1/s1. The van der Waals surface area contributed by atoms with Crippen molar-refractivity contribution in [2.75, 3.05) is 6.61 Å². The maximum atomic E-state index is 6.21. The maximum Gasteiger partial charge on any atom is 0.131 e. The molecular weight excluding hydrogens is 308 g/mol. The van der Waals surface area contributed by atoms with E-state index in [0.29, 0.717) is 6.61 Å². The predicted molar refractivity (Wildman–Crippen MR) is 101 cm³/mol. The van der Waals surface area contributed by atoms with Gasteiger partial charge in [-0.2, -0.15) is 0 Å². The van der Waals surface area contributed by atoms with E-state index in [9.17, 15) is 0 Å². The Morgan fingerprint density at radius 3 is 2.32 bits per heavy atom. The van der Waals surface area contributed by atoms with Crippen LogP contribution < -0.4 is 9.47 Å². The van der Waals surface area contributed by atoms with E-state index in [2.05, 4.69) is 48.5 Å². The van der Waals surface area contributed by atoms with Gasteiger partial charge in [0.05, 0.1) is 6.61 Å². The molecule has 2 heteroatoms. The molecule has 25 heavy (non-hydrogen) atoms. The van der Waals surface area contributed by atoms with Crippen LogP contribution in [0.15, 0.2) is 84.9 Å². The molecule has 2 nitrogen and oxygen atoms in total. The van der Waals surface area contributed by atoms with Crippen molar-refractivity contribution in [2.45, 2.75) is 12.8 Å². The van der Waals surface area contributed by atoms with Crippen LogP contribution in [0, 0.1) is 0 Å². The molecule has 1 aliphatic heterocycles. The Bertz CT molecular complexity index is 882. The number of benzene rings is 3. The molecule has 1 heterocycles. The molecule has 0 aliphatic carbocycles. The van der Waals surface area contributed by atoms with Gasteiger partial charge in [-0.3, -0.25) is 0 Å². The third kappa shape index (κ3) is 3.16. The van der Waals surface area contributed by atoms with Crippen LogP contribution in [0.4, 0.5) is 0 Å². The average molecular weight is 328 g/mol. The Morgan fingerprint density at radius 2 is 1.60 bits per heavy atom. The van der Waals surface area contributed by atoms with E-state index in [-0.39, 0.29) is 5.92 Å². The van der Waals surface area contributed by atoms with E-state index in [4.69, 9.17) is 9.47 Å². The Hall–Kier alpha value is -3.00. The minimum atomic E-state index is 0.139. The van der Waals surface area contributed by atoms with E-state index >= 15 is 0 Å². The van der Waals surface area contributed by atoms with E-state index in [1.54, 1.807) is 0 Å². The summed E-state index contributed by atoms with van der Waals surface area (Å²) < 4.78 is 11.9. The molecule has 0 amide bonds. The van der Waals surface area contributed by atoms with Crippen LogP contribution in [-0.4, -0.2) is 6.61 Å². The summed E-state index contributed by atoms with van der Waals surface area (Å²) in [6.07, 6.45) is 2.20. The molecule has 1 aliphatic rings. The zero-order valence-electron chi connectivity index (χ0n) is 14.2. The highest BCUT2D eigenvalue weighted by molar-refractivity contribution is 5.68. The molecule has 0 unspecified atom stereocenters. The van der Waals surface area contributed by atoms with Gasteiger partial charge in [0.25, 0.3) is 0 Å². The third-order valence-electron chi connectivity index (χ3n) is 4.38. The highest BCUT2D eigenvalue weighted by atomic mass is 16.5. The molecule has 0 saturated carbocycles. The molecule has 3 aromatic rings. The van der Waals surface area contributed by atoms with Crippen molar-refractivity contribution < 1.29 is 9.47 Å². The Balaban J connectivity index is 1.82. The fourth-order valence-electron chi connectivity index (χ4n) is 3.21. The number of hydrogen-bond donors (Lipinski definition) is 0. The van der Waals surface area contributed by atoms with E-state index in [1.807, 2.05) is 43.3 Å². The minimum absolute atomic E-state index is 0.139. The second-order valence-electron chi connectivity index (χ2n) is 6.02. The topological polar surface area (TPSA) is 18.5 Å². The molecule has 0 bridgehead atoms. The highest BCUT2D eigenvalue weighted by Crippen LogP contribution is 2.42. The van der Waals surface area contributed by atoms with Crippen molar-refractivity contribution in [3.05, 3.63) is 102 Å². The van der Waals surface area contributed by atoms with Crippen LogP contribution in [0.1, 0.15) is 29.5 Å². The van der Waals surface area contributed by atoms with Crippen molar-refractivity contribution in [1.29, 1.82) is 0 Å². The van der Waals surface area contributed by atoms with Gasteiger partial charge in [0.2, 0.25) is 0 Å². The van der Waals surface area contributed by atoms with Gasteiger partial charge in [-0.25, -0.2) is 0 Å². The first-order valence-corrected chi connectivity index (χ1v) is 8.62. The number of ether oxygens (including phenoxy) is 2. The zero-order valence-corrected chi connectivity index (χ0v) is 14.2. The maximum absolute atomic E-state index is 6.21. The first-order valence-electron chi connectivity index (χ1n) is 8.62. The quantitative estimate of drug-likeness (QED) is 0.616. The van der Waals surface area contributed by atoms with E-state index in [0.717, 1.165) is 28.4 Å². The summed E-state index contributed by atoms with van der Waals surface area (Å²) in [6, 6.07) is 26.8. The lowest BCUT2D eigenvalue weighted by Crippen LogP contribution is -2.10. The van der Waals surface area contributed by atoms with Crippen molar-refractivity contribution in [3.63, 3.8) is 0 Å². The number of hydrogen-bond acceptors (Lipinski definition) is 2. The van der Waals surface area contributed by atoms with Crippen molar-refractivity contribution in [2.24, 2.45) is 0 Å². The molecule has 0 fully saturated rings. The van der Waals surface area contributed by atoms with Crippen molar-refractivity contribution in [3.8, 4) is 11.5 Å². The summed E-state index contributed by atoms with van der Waals surface area (Å²) in [5.74, 6) is 2.80. The molecule has 0 N–H and O–H groups in total. The smallest absolute Gasteiger partial charge is 0.131 e. The van der Waals surface area contributed by atoms with Crippen LogP contribution in [0.3, 0.4) is 0 Å². The molecular formula is C23H20O2. The summed E-state index contributed by atoms with van der Waals surface area (Å²) in [5, 5.41) is 0. The van der Waals surface area contributed by atoms with Gasteiger partial charge >= 0.3 is 0 Å². The number of fused-ring (bicyclic) bond motifs is 1. The number of allylic oxidation sites excluding steroid dienone is 1. The van der Waals surface area contributed by atoms with Crippen LogP contribution in [-0.2, 0) is 0 Å². The second-order valence-corrected chi connectivity index (χ2v) is 6.02. The molecule has 3 aromatic carbocycles. The molecule has 4 rings (SSSR count). The molecule has 1 atom stereocenters. The first-order chi connectivity index (χ1) is 12.3. The van der Waals surface area contributed by atoms with Gasteiger partial charge in [0.1, 0.15) is 17.3 Å². The molecule has 0 aromatic heterocycles. The van der Waals surface area contributed by atoms with Gasteiger partial charge in [-0.15, -0.1) is 0 Å². The zero-order chi connectivity index (χ0) is 17.1. The SMILES string of the molecule is CCOc1ccc2c(c1)[C@@H](c1ccccc1)C=C(c1ccccc1)O2. The lowest BCUT2D eigenvalue weighted by atomic mass is 9.87. The fraction of sp³-hybridized carbons (Fsp3) is 0.130. The Morgan fingerprint density at radius 1 is 0.880 bits per heavy atom. The normalized spacial score (nSPS) is 15.7. The highest BCUT2D eigenvalue weighted by Gasteiger charge is 2.24. The summed E-state index contributed by atoms with van der Waals surface area (Å²) >= 11 is 0. The van der Waals surface area contributed by atoms with Gasteiger partial charge in [0.15, 0.2) is 0 Å². The van der Waals surface area contributed by atoms with Crippen LogP contribution in [0.5, 0.6) is 11.5 Å².